The second-order valence-electron chi connectivity index (χ2n) is 6.11. The van der Waals surface area contributed by atoms with Crippen LogP contribution in [0.2, 0.25) is 0 Å². The second kappa shape index (κ2) is 8.58. The Morgan fingerprint density at radius 1 is 0.962 bits per heavy atom. The topological polar surface area (TPSA) is 58.6 Å². The molecule has 0 spiro atoms. The molecule has 2 aromatic carbocycles. The van der Waals surface area contributed by atoms with Crippen LogP contribution in [0.1, 0.15) is 26.3 Å². The van der Waals surface area contributed by atoms with E-state index < -0.39 is 0 Å². The Labute approximate surface area is 151 Å². The van der Waals surface area contributed by atoms with Gasteiger partial charge in [0.05, 0.1) is 13.2 Å². The van der Waals surface area contributed by atoms with Crippen LogP contribution in [0.5, 0.6) is 0 Å². The number of hydrogen-bond donors (Lipinski definition) is 1. The summed E-state index contributed by atoms with van der Waals surface area (Å²) in [6.45, 7) is 2.74. The molecule has 3 rings (SSSR count). The van der Waals surface area contributed by atoms with Gasteiger partial charge in [-0.2, -0.15) is 0 Å². The van der Waals surface area contributed by atoms with Crippen LogP contribution in [-0.4, -0.2) is 49.6 Å². The average Bonchev–Trinajstić information content (AvgIpc) is 2.69. The molecule has 26 heavy (non-hydrogen) atoms. The highest BCUT2D eigenvalue weighted by atomic mass is 19.1. The zero-order chi connectivity index (χ0) is 18.4. The minimum atomic E-state index is -0.274. The molecule has 0 bridgehead atoms. The van der Waals surface area contributed by atoms with Gasteiger partial charge in [-0.1, -0.05) is 12.1 Å². The van der Waals surface area contributed by atoms with Crippen molar-refractivity contribution in [3.8, 4) is 0 Å². The lowest BCUT2D eigenvalue weighted by Gasteiger charge is -2.26. The molecule has 0 unspecified atom stereocenters. The zero-order valence-electron chi connectivity index (χ0n) is 14.4. The number of hydrogen-bond acceptors (Lipinski definition) is 3. The van der Waals surface area contributed by atoms with Crippen molar-refractivity contribution in [2.45, 2.75) is 6.42 Å². The highest BCUT2D eigenvalue weighted by Gasteiger charge is 2.18. The number of carbonyl (C=O) groups excluding carboxylic acids is 2. The number of carbonyl (C=O) groups is 2. The Bertz CT molecular complexity index is 754. The third-order valence-corrected chi connectivity index (χ3v) is 4.30. The molecule has 1 aliphatic heterocycles. The molecule has 5 nitrogen and oxygen atoms in total. The van der Waals surface area contributed by atoms with Crippen LogP contribution in [0, 0.1) is 5.82 Å². The van der Waals surface area contributed by atoms with Crippen LogP contribution < -0.4 is 5.32 Å². The predicted octanol–water partition coefficient (Wildman–Crippen LogP) is 2.27. The quantitative estimate of drug-likeness (QED) is 0.894. The van der Waals surface area contributed by atoms with E-state index >= 15 is 0 Å². The Kier molecular flexibility index (Phi) is 5.96. The molecule has 6 heteroatoms. The van der Waals surface area contributed by atoms with E-state index in [1.807, 2.05) is 0 Å². The van der Waals surface area contributed by atoms with E-state index in [0.29, 0.717) is 50.4 Å². The maximum Gasteiger partial charge on any atom is 0.254 e. The number of halogens is 1. The molecule has 2 aromatic rings. The fourth-order valence-electron chi connectivity index (χ4n) is 2.79. The molecule has 1 saturated heterocycles. The smallest absolute Gasteiger partial charge is 0.254 e. The van der Waals surface area contributed by atoms with Gasteiger partial charge in [0.2, 0.25) is 0 Å². The highest BCUT2D eigenvalue weighted by Crippen LogP contribution is 2.10. The van der Waals surface area contributed by atoms with E-state index in [0.717, 1.165) is 5.56 Å². The number of ether oxygens (including phenoxy) is 1. The molecule has 136 valence electrons. The van der Waals surface area contributed by atoms with E-state index in [1.165, 1.54) is 12.1 Å². The first-order valence-electron chi connectivity index (χ1n) is 8.63. The Balaban J connectivity index is 1.51. The van der Waals surface area contributed by atoms with E-state index in [-0.39, 0.29) is 17.6 Å². The fraction of sp³-hybridized carbons (Fsp3) is 0.300. The molecule has 1 fully saturated rings. The second-order valence-corrected chi connectivity index (χ2v) is 6.11. The van der Waals surface area contributed by atoms with E-state index in [4.69, 9.17) is 4.74 Å². The van der Waals surface area contributed by atoms with Gasteiger partial charge in [0.15, 0.2) is 0 Å². The van der Waals surface area contributed by atoms with Crippen LogP contribution in [0.4, 0.5) is 4.39 Å². The average molecular weight is 356 g/mol. The largest absolute Gasteiger partial charge is 0.378 e. The molecule has 2 amide bonds. The van der Waals surface area contributed by atoms with Gasteiger partial charge in [0.25, 0.3) is 11.8 Å². The molecule has 0 radical (unpaired) electrons. The van der Waals surface area contributed by atoms with Gasteiger partial charge in [-0.25, -0.2) is 4.39 Å². The first-order chi connectivity index (χ1) is 12.6. The van der Waals surface area contributed by atoms with Crippen LogP contribution >= 0.6 is 0 Å². The number of amides is 2. The van der Waals surface area contributed by atoms with Crippen molar-refractivity contribution < 1.29 is 18.7 Å². The Morgan fingerprint density at radius 2 is 1.58 bits per heavy atom. The Hall–Kier alpha value is -2.73. The molecule has 0 atom stereocenters. The van der Waals surface area contributed by atoms with Crippen molar-refractivity contribution in [1.29, 1.82) is 0 Å². The van der Waals surface area contributed by atoms with Gasteiger partial charge in [0.1, 0.15) is 5.82 Å². The van der Waals surface area contributed by atoms with Crippen molar-refractivity contribution in [1.82, 2.24) is 10.2 Å². The summed E-state index contributed by atoms with van der Waals surface area (Å²) in [5, 5.41) is 2.83. The summed E-state index contributed by atoms with van der Waals surface area (Å²) >= 11 is 0. The van der Waals surface area contributed by atoms with E-state index in [9.17, 15) is 14.0 Å². The number of rotatable bonds is 5. The molecule has 1 N–H and O–H groups in total. The molecular weight excluding hydrogens is 335 g/mol. The van der Waals surface area contributed by atoms with Crippen molar-refractivity contribution in [3.63, 3.8) is 0 Å². The molecule has 0 saturated carbocycles. The normalized spacial score (nSPS) is 14.1. The minimum absolute atomic E-state index is 0.0448. The first kappa shape index (κ1) is 18.1. The molecule has 1 heterocycles. The predicted molar refractivity (Wildman–Crippen MR) is 95.6 cm³/mol. The fourth-order valence-corrected chi connectivity index (χ4v) is 2.79. The van der Waals surface area contributed by atoms with Gasteiger partial charge in [0, 0.05) is 30.8 Å². The van der Waals surface area contributed by atoms with Crippen LogP contribution in [0.25, 0.3) is 0 Å². The molecule has 0 aliphatic carbocycles. The number of benzene rings is 2. The van der Waals surface area contributed by atoms with Crippen molar-refractivity contribution >= 4 is 11.8 Å². The summed E-state index contributed by atoms with van der Waals surface area (Å²) in [7, 11) is 0. The summed E-state index contributed by atoms with van der Waals surface area (Å²) in [6, 6.07) is 12.9. The van der Waals surface area contributed by atoms with Gasteiger partial charge in [-0.15, -0.1) is 0 Å². The minimum Gasteiger partial charge on any atom is -0.378 e. The first-order valence-corrected chi connectivity index (χ1v) is 8.63. The SMILES string of the molecule is O=C(NCCc1ccc(F)cc1)c1ccc(C(=O)N2CCOCC2)cc1. The van der Waals surface area contributed by atoms with Crippen LogP contribution in [0.3, 0.4) is 0 Å². The van der Waals surface area contributed by atoms with Crippen molar-refractivity contribution in [2.24, 2.45) is 0 Å². The number of morpholine rings is 1. The Morgan fingerprint density at radius 3 is 2.23 bits per heavy atom. The third-order valence-electron chi connectivity index (χ3n) is 4.30. The lowest BCUT2D eigenvalue weighted by atomic mass is 10.1. The van der Waals surface area contributed by atoms with Crippen LogP contribution in [-0.2, 0) is 11.2 Å². The van der Waals surface area contributed by atoms with E-state index in [2.05, 4.69) is 5.32 Å². The third kappa shape index (κ3) is 4.67. The maximum absolute atomic E-state index is 12.9. The summed E-state index contributed by atoms with van der Waals surface area (Å²) in [4.78, 5) is 26.3. The van der Waals surface area contributed by atoms with Crippen molar-refractivity contribution in [2.75, 3.05) is 32.8 Å². The lowest BCUT2D eigenvalue weighted by molar-refractivity contribution is 0.0303. The monoisotopic (exact) mass is 356 g/mol. The van der Waals surface area contributed by atoms with Gasteiger partial charge in [-0.05, 0) is 48.4 Å². The summed E-state index contributed by atoms with van der Waals surface area (Å²) < 4.78 is 18.1. The lowest BCUT2D eigenvalue weighted by Crippen LogP contribution is -2.40. The van der Waals surface area contributed by atoms with E-state index in [1.54, 1.807) is 41.3 Å². The number of nitrogens with zero attached hydrogens (tertiary/aromatic N) is 1. The maximum atomic E-state index is 12.9. The molecule has 0 aromatic heterocycles. The number of nitrogens with one attached hydrogen (secondary N) is 1. The van der Waals surface area contributed by atoms with Crippen molar-refractivity contribution in [3.05, 3.63) is 71.0 Å². The van der Waals surface area contributed by atoms with Crippen LogP contribution in [0.15, 0.2) is 48.5 Å². The molecule has 1 aliphatic rings. The van der Waals surface area contributed by atoms with Gasteiger partial charge < -0.3 is 15.0 Å². The van der Waals surface area contributed by atoms with Gasteiger partial charge in [-0.3, -0.25) is 9.59 Å². The summed E-state index contributed by atoms with van der Waals surface area (Å²) in [6.07, 6.45) is 0.625. The zero-order valence-corrected chi connectivity index (χ0v) is 14.4. The standard InChI is InChI=1S/C20H21FN2O3/c21-18-7-1-15(2-8-18)9-10-22-19(24)16-3-5-17(6-4-16)20(25)23-11-13-26-14-12-23/h1-8H,9-14H2,(H,22,24). The summed E-state index contributed by atoms with van der Waals surface area (Å²) in [5.41, 5.74) is 2.02. The molecular formula is C20H21FN2O3. The van der Waals surface area contributed by atoms with Gasteiger partial charge >= 0.3 is 0 Å². The highest BCUT2D eigenvalue weighted by molar-refractivity contribution is 5.97. The summed E-state index contributed by atoms with van der Waals surface area (Å²) in [5.74, 6) is -0.515.